The number of carbonyl (C=O) groups is 1. The third-order valence-electron chi connectivity index (χ3n) is 2.10. The van der Waals surface area contributed by atoms with E-state index in [1.165, 1.54) is 11.8 Å². The Balaban J connectivity index is 2.35. The molecule has 100 valence electrons. The van der Waals surface area contributed by atoms with E-state index in [1.807, 2.05) is 6.92 Å². The van der Waals surface area contributed by atoms with Crippen molar-refractivity contribution in [3.63, 3.8) is 0 Å². The molecular formula is C12H16F2N2OS. The Morgan fingerprint density at radius 3 is 2.56 bits per heavy atom. The number of hydrogen-bond donors (Lipinski definition) is 2. The van der Waals surface area contributed by atoms with Gasteiger partial charge >= 0.3 is 0 Å². The zero-order valence-corrected chi connectivity index (χ0v) is 10.9. The van der Waals surface area contributed by atoms with E-state index >= 15 is 0 Å². The van der Waals surface area contributed by atoms with Crippen molar-refractivity contribution in [3.05, 3.63) is 29.8 Å². The highest BCUT2D eigenvalue weighted by Gasteiger charge is 2.05. The molecule has 0 saturated heterocycles. The van der Waals surface area contributed by atoms with Crippen LogP contribution in [0.25, 0.3) is 0 Å². The summed E-state index contributed by atoms with van der Waals surface area (Å²) in [5.41, 5.74) is 5.70. The molecule has 18 heavy (non-hydrogen) atoms. The lowest BCUT2D eigenvalue weighted by Crippen LogP contribution is -2.17. The summed E-state index contributed by atoms with van der Waals surface area (Å²) in [5, 5.41) is 2.44. The molecule has 6 heteroatoms. The quantitative estimate of drug-likeness (QED) is 0.783. The van der Waals surface area contributed by atoms with Crippen LogP contribution < -0.4 is 11.1 Å². The summed E-state index contributed by atoms with van der Waals surface area (Å²) >= 11 is 1.44. The van der Waals surface area contributed by atoms with Crippen molar-refractivity contribution < 1.29 is 13.6 Å². The number of halogens is 2. The van der Waals surface area contributed by atoms with Crippen molar-refractivity contribution in [2.45, 2.75) is 19.4 Å². The normalized spacial score (nSPS) is 12.2. The third-order valence-corrected chi connectivity index (χ3v) is 3.09. The van der Waals surface area contributed by atoms with E-state index in [2.05, 4.69) is 5.32 Å². The van der Waals surface area contributed by atoms with Crippen LogP contribution in [0, 0.1) is 11.6 Å². The van der Waals surface area contributed by atoms with Gasteiger partial charge in [-0.1, -0.05) is 0 Å². The van der Waals surface area contributed by atoms with E-state index in [1.54, 1.807) is 0 Å². The van der Waals surface area contributed by atoms with Crippen molar-refractivity contribution in [2.75, 3.05) is 16.8 Å². The van der Waals surface area contributed by atoms with Crippen molar-refractivity contribution >= 4 is 23.4 Å². The molecule has 0 spiro atoms. The Labute approximate surface area is 109 Å². The van der Waals surface area contributed by atoms with Gasteiger partial charge in [0.2, 0.25) is 5.91 Å². The maximum atomic E-state index is 12.9. The van der Waals surface area contributed by atoms with Gasteiger partial charge in [-0.15, -0.1) is 0 Å². The molecule has 0 aliphatic heterocycles. The minimum absolute atomic E-state index is 0.109. The van der Waals surface area contributed by atoms with Crippen LogP contribution in [0.4, 0.5) is 14.5 Å². The summed E-state index contributed by atoms with van der Waals surface area (Å²) in [6, 6.07) is 3.02. The second kappa shape index (κ2) is 7.33. The van der Waals surface area contributed by atoms with Crippen molar-refractivity contribution in [1.82, 2.24) is 0 Å². The van der Waals surface area contributed by atoms with Gasteiger partial charge in [-0.05, 0) is 31.2 Å². The molecule has 0 fully saturated rings. The molecule has 1 atom stereocenters. The smallest absolute Gasteiger partial charge is 0.234 e. The summed E-state index contributed by atoms with van der Waals surface area (Å²) in [4.78, 5) is 11.5. The maximum Gasteiger partial charge on any atom is 0.234 e. The van der Waals surface area contributed by atoms with Gasteiger partial charge in [0.15, 0.2) is 0 Å². The first-order chi connectivity index (χ1) is 8.47. The Hall–Kier alpha value is -1.14. The highest BCUT2D eigenvalue weighted by atomic mass is 32.2. The molecule has 0 aliphatic carbocycles. The van der Waals surface area contributed by atoms with Crippen LogP contribution in [-0.2, 0) is 4.79 Å². The Bertz CT molecular complexity index is 393. The average molecular weight is 274 g/mol. The summed E-state index contributed by atoms with van der Waals surface area (Å²) in [6.07, 6.45) is 0.826. The minimum Gasteiger partial charge on any atom is -0.328 e. The van der Waals surface area contributed by atoms with Crippen LogP contribution in [0.3, 0.4) is 0 Å². The van der Waals surface area contributed by atoms with Crippen LogP contribution in [0.5, 0.6) is 0 Å². The Kier molecular flexibility index (Phi) is 6.07. The van der Waals surface area contributed by atoms with E-state index in [0.717, 1.165) is 30.4 Å². The molecule has 0 heterocycles. The largest absolute Gasteiger partial charge is 0.328 e. The van der Waals surface area contributed by atoms with Crippen molar-refractivity contribution in [1.29, 1.82) is 0 Å². The van der Waals surface area contributed by atoms with Gasteiger partial charge < -0.3 is 11.1 Å². The number of hydrogen-bond acceptors (Lipinski definition) is 3. The van der Waals surface area contributed by atoms with E-state index in [9.17, 15) is 13.6 Å². The summed E-state index contributed by atoms with van der Waals surface area (Å²) in [5.74, 6) is -0.688. The van der Waals surface area contributed by atoms with Crippen LogP contribution in [0.15, 0.2) is 18.2 Å². The second-order valence-electron chi connectivity index (χ2n) is 4.02. The Morgan fingerprint density at radius 2 is 2.00 bits per heavy atom. The Morgan fingerprint density at radius 1 is 1.39 bits per heavy atom. The van der Waals surface area contributed by atoms with Crippen LogP contribution in [-0.4, -0.2) is 23.5 Å². The van der Waals surface area contributed by atoms with Crippen molar-refractivity contribution in [3.8, 4) is 0 Å². The zero-order chi connectivity index (χ0) is 13.5. The lowest BCUT2D eigenvalue weighted by molar-refractivity contribution is -0.113. The van der Waals surface area contributed by atoms with Gasteiger partial charge in [-0.25, -0.2) is 8.78 Å². The fraction of sp³-hybridized carbons (Fsp3) is 0.417. The number of nitrogens with one attached hydrogen (secondary N) is 1. The van der Waals surface area contributed by atoms with Gasteiger partial charge in [0.25, 0.3) is 0 Å². The predicted octanol–water partition coefficient (Wildman–Crippen LogP) is 2.37. The lowest BCUT2D eigenvalue weighted by Gasteiger charge is -2.06. The molecular weight excluding hydrogens is 258 g/mol. The fourth-order valence-electron chi connectivity index (χ4n) is 1.26. The van der Waals surface area contributed by atoms with E-state index in [-0.39, 0.29) is 23.4 Å². The van der Waals surface area contributed by atoms with Gasteiger partial charge in [-0.3, -0.25) is 4.79 Å². The molecule has 0 saturated carbocycles. The molecule has 1 amide bonds. The van der Waals surface area contributed by atoms with Crippen LogP contribution in [0.2, 0.25) is 0 Å². The fourth-order valence-corrected chi connectivity index (χ4v) is 2.20. The maximum absolute atomic E-state index is 12.9. The standard InChI is InChI=1S/C12H16F2N2OS/c1-8(15)2-3-18-7-12(17)16-11-5-9(13)4-10(14)6-11/h4-6,8H,2-3,7,15H2,1H3,(H,16,17). The number of anilines is 1. The second-order valence-corrected chi connectivity index (χ2v) is 5.13. The molecule has 3 N–H and O–H groups in total. The van der Waals surface area contributed by atoms with E-state index in [4.69, 9.17) is 5.73 Å². The van der Waals surface area contributed by atoms with Crippen molar-refractivity contribution in [2.24, 2.45) is 5.73 Å². The first kappa shape index (κ1) is 14.9. The van der Waals surface area contributed by atoms with Gasteiger partial charge in [0, 0.05) is 17.8 Å². The molecule has 1 aromatic carbocycles. The highest BCUT2D eigenvalue weighted by Crippen LogP contribution is 2.13. The first-order valence-electron chi connectivity index (χ1n) is 5.56. The van der Waals surface area contributed by atoms with Gasteiger partial charge in [0.1, 0.15) is 11.6 Å². The summed E-state index contributed by atoms with van der Waals surface area (Å²) in [7, 11) is 0. The minimum atomic E-state index is -0.713. The first-order valence-corrected chi connectivity index (χ1v) is 6.72. The van der Waals surface area contributed by atoms with Crippen LogP contribution >= 0.6 is 11.8 Å². The summed E-state index contributed by atoms with van der Waals surface area (Å²) in [6.45, 7) is 1.90. The molecule has 3 nitrogen and oxygen atoms in total. The van der Waals surface area contributed by atoms with Gasteiger partial charge in [0.05, 0.1) is 5.75 Å². The topological polar surface area (TPSA) is 55.1 Å². The molecule has 0 aromatic heterocycles. The number of rotatable bonds is 6. The van der Waals surface area contributed by atoms with E-state index < -0.39 is 11.6 Å². The molecule has 0 radical (unpaired) electrons. The number of carbonyl (C=O) groups excluding carboxylic acids is 1. The third kappa shape index (κ3) is 5.97. The molecule has 0 bridgehead atoms. The van der Waals surface area contributed by atoms with Crippen LogP contribution in [0.1, 0.15) is 13.3 Å². The number of amides is 1. The van der Waals surface area contributed by atoms with E-state index in [0.29, 0.717) is 0 Å². The number of thioether (sulfide) groups is 1. The average Bonchev–Trinajstić information content (AvgIpc) is 2.22. The van der Waals surface area contributed by atoms with Gasteiger partial charge in [-0.2, -0.15) is 11.8 Å². The summed E-state index contributed by atoms with van der Waals surface area (Å²) < 4.78 is 25.7. The SMILES string of the molecule is CC(N)CCSCC(=O)Nc1cc(F)cc(F)c1. The number of benzene rings is 1. The predicted molar refractivity (Wildman–Crippen MR) is 70.6 cm³/mol. The molecule has 0 aliphatic rings. The number of nitrogens with two attached hydrogens (primary N) is 1. The lowest BCUT2D eigenvalue weighted by atomic mass is 10.3. The highest BCUT2D eigenvalue weighted by molar-refractivity contribution is 7.99. The molecule has 1 unspecified atom stereocenters. The molecule has 1 rings (SSSR count). The monoisotopic (exact) mass is 274 g/mol. The molecule has 1 aromatic rings. The zero-order valence-electron chi connectivity index (χ0n) is 10.1.